The van der Waals surface area contributed by atoms with Gasteiger partial charge in [0.05, 0.1) is 5.69 Å². The van der Waals surface area contributed by atoms with E-state index in [0.717, 1.165) is 22.4 Å². The van der Waals surface area contributed by atoms with E-state index in [1.807, 2.05) is 41.8 Å². The molecule has 0 fully saturated rings. The number of nitrogens with one attached hydrogen (secondary N) is 2. The number of aromatic amines is 1. The minimum Gasteiger partial charge on any atom is -0.361 e. The summed E-state index contributed by atoms with van der Waals surface area (Å²) in [6.45, 7) is 1.87. The predicted octanol–water partition coefficient (Wildman–Crippen LogP) is 2.77. The highest BCUT2D eigenvalue weighted by atomic mass is 16.1. The third-order valence-corrected chi connectivity index (χ3v) is 3.69. The molecule has 0 saturated carbocycles. The molecular formula is C16H13N5O. The Balaban J connectivity index is 1.69. The second-order valence-corrected chi connectivity index (χ2v) is 5.09. The molecule has 1 aromatic carbocycles. The number of amides is 1. The third kappa shape index (κ3) is 1.93. The van der Waals surface area contributed by atoms with Crippen molar-refractivity contribution in [3.05, 3.63) is 60.2 Å². The van der Waals surface area contributed by atoms with Crippen LogP contribution in [-0.4, -0.2) is 25.5 Å². The molecule has 6 nitrogen and oxygen atoms in total. The summed E-state index contributed by atoms with van der Waals surface area (Å²) in [6, 6.07) is 11.2. The molecule has 0 spiro atoms. The van der Waals surface area contributed by atoms with Crippen molar-refractivity contribution >= 4 is 28.1 Å². The molecular weight excluding hydrogens is 278 g/mol. The minimum absolute atomic E-state index is 0.170. The van der Waals surface area contributed by atoms with Gasteiger partial charge in [-0.2, -0.15) is 0 Å². The normalized spacial score (nSPS) is 11.1. The summed E-state index contributed by atoms with van der Waals surface area (Å²) in [6.07, 6.45) is 3.65. The highest BCUT2D eigenvalue weighted by molar-refractivity contribution is 6.09. The van der Waals surface area contributed by atoms with Crippen LogP contribution in [0.5, 0.6) is 0 Å². The first-order valence-corrected chi connectivity index (χ1v) is 6.91. The second kappa shape index (κ2) is 4.70. The fourth-order valence-corrected chi connectivity index (χ4v) is 2.54. The molecule has 22 heavy (non-hydrogen) atoms. The Kier molecular flexibility index (Phi) is 2.69. The number of anilines is 1. The van der Waals surface area contributed by atoms with Gasteiger partial charge in [0.15, 0.2) is 5.65 Å². The number of pyridine rings is 1. The summed E-state index contributed by atoms with van der Waals surface area (Å²) in [5, 5.41) is 12.0. The summed E-state index contributed by atoms with van der Waals surface area (Å²) >= 11 is 0. The van der Waals surface area contributed by atoms with Gasteiger partial charge in [-0.05, 0) is 37.3 Å². The molecule has 6 heteroatoms. The van der Waals surface area contributed by atoms with E-state index in [0.29, 0.717) is 11.2 Å². The van der Waals surface area contributed by atoms with Crippen molar-refractivity contribution in [3.63, 3.8) is 0 Å². The summed E-state index contributed by atoms with van der Waals surface area (Å²) < 4.78 is 1.84. The van der Waals surface area contributed by atoms with Gasteiger partial charge in [-0.3, -0.25) is 9.20 Å². The van der Waals surface area contributed by atoms with Gasteiger partial charge in [0.2, 0.25) is 0 Å². The molecule has 1 amide bonds. The summed E-state index contributed by atoms with van der Waals surface area (Å²) in [4.78, 5) is 15.6. The number of aryl methyl sites for hydroxylation is 1. The summed E-state index contributed by atoms with van der Waals surface area (Å²) in [5.41, 5.74) is 2.97. The zero-order valence-corrected chi connectivity index (χ0v) is 11.9. The predicted molar refractivity (Wildman–Crippen MR) is 84.0 cm³/mol. The second-order valence-electron chi connectivity index (χ2n) is 5.09. The van der Waals surface area contributed by atoms with Crippen molar-refractivity contribution in [2.75, 3.05) is 5.32 Å². The van der Waals surface area contributed by atoms with Gasteiger partial charge in [-0.1, -0.05) is 6.07 Å². The van der Waals surface area contributed by atoms with E-state index in [-0.39, 0.29) is 5.91 Å². The Morgan fingerprint density at radius 2 is 2.14 bits per heavy atom. The molecule has 0 aliphatic carbocycles. The number of hydrogen-bond acceptors (Lipinski definition) is 3. The highest BCUT2D eigenvalue weighted by Gasteiger charge is 2.11. The number of carbonyl (C=O) groups is 1. The summed E-state index contributed by atoms with van der Waals surface area (Å²) in [7, 11) is 0. The fourth-order valence-electron chi connectivity index (χ4n) is 2.54. The van der Waals surface area contributed by atoms with E-state index < -0.39 is 0 Å². The third-order valence-electron chi connectivity index (χ3n) is 3.69. The van der Waals surface area contributed by atoms with Gasteiger partial charge in [0.1, 0.15) is 5.82 Å². The topological polar surface area (TPSA) is 75.1 Å². The van der Waals surface area contributed by atoms with Gasteiger partial charge >= 0.3 is 0 Å². The number of benzene rings is 1. The van der Waals surface area contributed by atoms with Crippen molar-refractivity contribution in [1.82, 2.24) is 19.6 Å². The molecule has 0 saturated heterocycles. The molecule has 3 heterocycles. The molecule has 0 aliphatic rings. The van der Waals surface area contributed by atoms with E-state index in [4.69, 9.17) is 0 Å². The van der Waals surface area contributed by atoms with Gasteiger partial charge in [-0.15, -0.1) is 10.2 Å². The van der Waals surface area contributed by atoms with Crippen LogP contribution < -0.4 is 5.32 Å². The maximum absolute atomic E-state index is 12.5. The van der Waals surface area contributed by atoms with E-state index in [1.54, 1.807) is 18.3 Å². The zero-order chi connectivity index (χ0) is 15.1. The first-order chi connectivity index (χ1) is 10.7. The van der Waals surface area contributed by atoms with Crippen molar-refractivity contribution in [3.8, 4) is 0 Å². The Morgan fingerprint density at radius 1 is 1.23 bits per heavy atom. The highest BCUT2D eigenvalue weighted by Crippen LogP contribution is 2.22. The van der Waals surface area contributed by atoms with Gasteiger partial charge < -0.3 is 10.3 Å². The molecule has 2 N–H and O–H groups in total. The van der Waals surface area contributed by atoms with Crippen LogP contribution in [0.1, 0.15) is 16.2 Å². The van der Waals surface area contributed by atoms with Gasteiger partial charge in [-0.25, -0.2) is 0 Å². The maximum Gasteiger partial charge on any atom is 0.255 e. The fraction of sp³-hybridized carbons (Fsp3) is 0.0625. The lowest BCUT2D eigenvalue weighted by Crippen LogP contribution is -2.12. The number of hydrogen-bond donors (Lipinski definition) is 2. The molecule has 0 radical (unpaired) electrons. The van der Waals surface area contributed by atoms with E-state index >= 15 is 0 Å². The van der Waals surface area contributed by atoms with Crippen LogP contribution >= 0.6 is 0 Å². The maximum atomic E-state index is 12.5. The SMILES string of the molecule is Cc1nnc2cc(C(=O)Nc3cccc4[nH]ccc34)ccn12. The molecule has 0 bridgehead atoms. The molecule has 0 atom stereocenters. The van der Waals surface area contributed by atoms with Crippen LogP contribution in [0.3, 0.4) is 0 Å². The van der Waals surface area contributed by atoms with Crippen LogP contribution in [0, 0.1) is 6.92 Å². The van der Waals surface area contributed by atoms with Crippen molar-refractivity contribution in [1.29, 1.82) is 0 Å². The largest absolute Gasteiger partial charge is 0.361 e. The first-order valence-electron chi connectivity index (χ1n) is 6.91. The average molecular weight is 291 g/mol. The number of carbonyl (C=O) groups excluding carboxylic acids is 1. The first kappa shape index (κ1) is 12.6. The zero-order valence-electron chi connectivity index (χ0n) is 11.9. The van der Waals surface area contributed by atoms with Crippen molar-refractivity contribution < 1.29 is 4.79 Å². The molecule has 0 aliphatic heterocycles. The number of H-pyrrole nitrogens is 1. The average Bonchev–Trinajstić information content (AvgIpc) is 3.14. The number of rotatable bonds is 2. The van der Waals surface area contributed by atoms with E-state index in [1.165, 1.54) is 0 Å². The quantitative estimate of drug-likeness (QED) is 0.596. The Labute approximate surface area is 125 Å². The van der Waals surface area contributed by atoms with Crippen LogP contribution in [0.15, 0.2) is 48.8 Å². The Bertz CT molecular complexity index is 998. The van der Waals surface area contributed by atoms with Crippen LogP contribution in [0.4, 0.5) is 5.69 Å². The summed E-state index contributed by atoms with van der Waals surface area (Å²) in [5.74, 6) is 0.621. The Hall–Kier alpha value is -3.15. The lowest BCUT2D eigenvalue weighted by molar-refractivity contribution is 0.102. The smallest absolute Gasteiger partial charge is 0.255 e. The van der Waals surface area contributed by atoms with E-state index in [2.05, 4.69) is 20.5 Å². The monoisotopic (exact) mass is 291 g/mol. The molecule has 3 aromatic heterocycles. The minimum atomic E-state index is -0.170. The van der Waals surface area contributed by atoms with Crippen LogP contribution in [0.2, 0.25) is 0 Å². The molecule has 0 unspecified atom stereocenters. The lowest BCUT2D eigenvalue weighted by atomic mass is 10.2. The lowest BCUT2D eigenvalue weighted by Gasteiger charge is -2.07. The molecule has 4 rings (SSSR count). The Morgan fingerprint density at radius 3 is 3.05 bits per heavy atom. The van der Waals surface area contributed by atoms with Gasteiger partial charge in [0, 0.05) is 28.9 Å². The number of aromatic nitrogens is 4. The molecule has 4 aromatic rings. The van der Waals surface area contributed by atoms with Crippen molar-refractivity contribution in [2.45, 2.75) is 6.92 Å². The van der Waals surface area contributed by atoms with Gasteiger partial charge in [0.25, 0.3) is 5.91 Å². The van der Waals surface area contributed by atoms with Crippen molar-refractivity contribution in [2.24, 2.45) is 0 Å². The molecule has 108 valence electrons. The standard InChI is InChI=1S/C16H13N5O/c1-10-19-20-15-9-11(6-8-21(10)15)16(22)18-14-4-2-3-13-12(14)5-7-17-13/h2-9,17H,1H3,(H,18,22). The van der Waals surface area contributed by atoms with E-state index in [9.17, 15) is 4.79 Å². The number of fused-ring (bicyclic) bond motifs is 2. The number of nitrogens with zero attached hydrogens (tertiary/aromatic N) is 3. The van der Waals surface area contributed by atoms with Crippen LogP contribution in [-0.2, 0) is 0 Å². The van der Waals surface area contributed by atoms with Crippen LogP contribution in [0.25, 0.3) is 16.6 Å².